The third-order valence-electron chi connectivity index (χ3n) is 3.11. The summed E-state index contributed by atoms with van der Waals surface area (Å²) in [5.41, 5.74) is 8.33. The van der Waals surface area contributed by atoms with Gasteiger partial charge in [-0.25, -0.2) is 4.98 Å². The Bertz CT molecular complexity index is 511. The molecule has 2 heterocycles. The maximum Gasteiger partial charge on any atom is 0.133 e. The van der Waals surface area contributed by atoms with Gasteiger partial charge in [-0.05, 0) is 37.6 Å². The first kappa shape index (κ1) is 13.5. The van der Waals surface area contributed by atoms with Crippen LogP contribution in [0.1, 0.15) is 31.0 Å². The zero-order chi connectivity index (χ0) is 13.7. The molecule has 0 saturated heterocycles. The minimum Gasteiger partial charge on any atom is -0.352 e. The van der Waals surface area contributed by atoms with E-state index in [4.69, 9.17) is 5.73 Å². The first-order valence-electron chi connectivity index (χ1n) is 6.56. The van der Waals surface area contributed by atoms with Gasteiger partial charge in [-0.15, -0.1) is 0 Å². The van der Waals surface area contributed by atoms with Crippen LogP contribution in [0.5, 0.6) is 0 Å². The molecule has 0 bridgehead atoms. The van der Waals surface area contributed by atoms with Gasteiger partial charge in [-0.3, -0.25) is 4.98 Å². The Labute approximate surface area is 114 Å². The number of nitrogens with zero attached hydrogens (tertiary/aromatic N) is 3. The van der Waals surface area contributed by atoms with Crippen LogP contribution in [0, 0.1) is 0 Å². The van der Waals surface area contributed by atoms with E-state index in [-0.39, 0.29) is 6.04 Å². The van der Waals surface area contributed by atoms with Crippen LogP contribution in [0.15, 0.2) is 42.9 Å². The van der Waals surface area contributed by atoms with Crippen molar-refractivity contribution in [1.82, 2.24) is 9.97 Å². The van der Waals surface area contributed by atoms with Crippen molar-refractivity contribution in [3.8, 4) is 0 Å². The summed E-state index contributed by atoms with van der Waals surface area (Å²) in [6.45, 7) is 5.82. The molecule has 0 radical (unpaired) electrons. The Morgan fingerprint density at radius 1 is 1.21 bits per heavy atom. The normalized spacial score (nSPS) is 12.2. The molecule has 100 valence electrons. The molecule has 1 atom stereocenters. The van der Waals surface area contributed by atoms with Gasteiger partial charge in [-0.1, -0.05) is 6.07 Å². The van der Waals surface area contributed by atoms with Crippen LogP contribution in [0.25, 0.3) is 0 Å². The summed E-state index contributed by atoms with van der Waals surface area (Å²) >= 11 is 0. The highest BCUT2D eigenvalue weighted by Gasteiger charge is 2.13. The lowest BCUT2D eigenvalue weighted by Crippen LogP contribution is -2.25. The number of anilines is 1. The second-order valence-electron chi connectivity index (χ2n) is 4.57. The highest BCUT2D eigenvalue weighted by atomic mass is 15.2. The quantitative estimate of drug-likeness (QED) is 0.893. The molecule has 0 spiro atoms. The smallest absolute Gasteiger partial charge is 0.133 e. The molecule has 19 heavy (non-hydrogen) atoms. The predicted octanol–water partition coefficient (Wildman–Crippen LogP) is 2.52. The molecule has 0 fully saturated rings. The van der Waals surface area contributed by atoms with Crippen molar-refractivity contribution in [3.63, 3.8) is 0 Å². The summed E-state index contributed by atoms with van der Waals surface area (Å²) in [5, 5.41) is 0. The van der Waals surface area contributed by atoms with Crippen LogP contribution < -0.4 is 10.6 Å². The molecule has 0 aliphatic rings. The van der Waals surface area contributed by atoms with Crippen molar-refractivity contribution >= 4 is 5.82 Å². The van der Waals surface area contributed by atoms with E-state index in [1.165, 1.54) is 5.56 Å². The van der Waals surface area contributed by atoms with Crippen molar-refractivity contribution in [2.75, 3.05) is 11.4 Å². The minimum absolute atomic E-state index is 0.0183. The van der Waals surface area contributed by atoms with Crippen LogP contribution in [0.4, 0.5) is 5.82 Å². The largest absolute Gasteiger partial charge is 0.352 e. The minimum atomic E-state index is -0.0183. The molecule has 2 aromatic rings. The Hall–Kier alpha value is -1.94. The Kier molecular flexibility index (Phi) is 4.47. The number of hydrogen-bond donors (Lipinski definition) is 1. The highest BCUT2D eigenvalue weighted by Crippen LogP contribution is 2.23. The molecule has 4 heteroatoms. The van der Waals surface area contributed by atoms with Gasteiger partial charge in [0.05, 0.1) is 0 Å². The summed E-state index contributed by atoms with van der Waals surface area (Å²) in [7, 11) is 0. The fraction of sp³-hybridized carbons (Fsp3) is 0.333. The lowest BCUT2D eigenvalue weighted by molar-refractivity contribution is 0.761. The monoisotopic (exact) mass is 256 g/mol. The number of pyridine rings is 2. The van der Waals surface area contributed by atoms with E-state index in [9.17, 15) is 0 Å². The van der Waals surface area contributed by atoms with Gasteiger partial charge in [0.1, 0.15) is 5.82 Å². The van der Waals surface area contributed by atoms with Crippen molar-refractivity contribution in [3.05, 3.63) is 54.0 Å². The molecular weight excluding hydrogens is 236 g/mol. The number of rotatable bonds is 5. The first-order chi connectivity index (χ1) is 9.22. The number of nitrogens with two attached hydrogens (primary N) is 1. The van der Waals surface area contributed by atoms with E-state index >= 15 is 0 Å². The van der Waals surface area contributed by atoms with E-state index in [2.05, 4.69) is 21.8 Å². The van der Waals surface area contributed by atoms with Gasteiger partial charge in [0.2, 0.25) is 0 Å². The predicted molar refractivity (Wildman–Crippen MR) is 77.8 cm³/mol. The maximum atomic E-state index is 6.02. The molecule has 0 saturated carbocycles. The fourth-order valence-electron chi connectivity index (χ4n) is 2.07. The van der Waals surface area contributed by atoms with Crippen LogP contribution in [0.3, 0.4) is 0 Å². The zero-order valence-corrected chi connectivity index (χ0v) is 11.5. The van der Waals surface area contributed by atoms with Gasteiger partial charge in [-0.2, -0.15) is 0 Å². The summed E-state index contributed by atoms with van der Waals surface area (Å²) in [5.74, 6) is 0.969. The van der Waals surface area contributed by atoms with Gasteiger partial charge >= 0.3 is 0 Å². The second-order valence-corrected chi connectivity index (χ2v) is 4.57. The van der Waals surface area contributed by atoms with Crippen LogP contribution >= 0.6 is 0 Å². The molecular formula is C15H20N4. The lowest BCUT2D eigenvalue weighted by Gasteiger charge is -2.25. The van der Waals surface area contributed by atoms with Gasteiger partial charge in [0, 0.05) is 43.3 Å². The highest BCUT2D eigenvalue weighted by molar-refractivity contribution is 5.48. The van der Waals surface area contributed by atoms with Crippen molar-refractivity contribution in [2.24, 2.45) is 5.73 Å². The van der Waals surface area contributed by atoms with Crippen molar-refractivity contribution in [1.29, 1.82) is 0 Å². The Morgan fingerprint density at radius 3 is 2.58 bits per heavy atom. The van der Waals surface area contributed by atoms with E-state index in [1.807, 2.05) is 49.8 Å². The molecule has 0 amide bonds. The molecule has 0 aromatic carbocycles. The van der Waals surface area contributed by atoms with Crippen molar-refractivity contribution in [2.45, 2.75) is 26.4 Å². The van der Waals surface area contributed by atoms with Crippen molar-refractivity contribution < 1.29 is 0 Å². The Balaban J connectivity index is 2.27. The van der Waals surface area contributed by atoms with Gasteiger partial charge in [0.15, 0.2) is 0 Å². The van der Waals surface area contributed by atoms with Crippen LogP contribution in [-0.4, -0.2) is 16.5 Å². The molecule has 2 rings (SSSR count). The topological polar surface area (TPSA) is 55.0 Å². The zero-order valence-electron chi connectivity index (χ0n) is 11.5. The van der Waals surface area contributed by atoms with E-state index < -0.39 is 0 Å². The van der Waals surface area contributed by atoms with Crippen LogP contribution in [0.2, 0.25) is 0 Å². The second kappa shape index (κ2) is 6.29. The molecule has 0 aliphatic carbocycles. The third kappa shape index (κ3) is 3.29. The average Bonchev–Trinajstić information content (AvgIpc) is 2.46. The first-order valence-corrected chi connectivity index (χ1v) is 6.56. The molecule has 2 aromatic heterocycles. The molecule has 4 nitrogen and oxygen atoms in total. The summed E-state index contributed by atoms with van der Waals surface area (Å²) in [6.07, 6.45) is 5.44. The number of aromatic nitrogens is 2. The van der Waals surface area contributed by atoms with E-state index in [0.717, 1.165) is 24.5 Å². The number of hydrogen-bond acceptors (Lipinski definition) is 4. The fourth-order valence-corrected chi connectivity index (χ4v) is 2.07. The van der Waals surface area contributed by atoms with Gasteiger partial charge < -0.3 is 10.6 Å². The standard InChI is InChI=1S/C15H20N4/c1-3-19(11-13-6-9-17-10-7-13)15-14(12(2)16)5-4-8-18-15/h4-10,12H,3,11,16H2,1-2H3/t12-/m0/s1. The van der Waals surface area contributed by atoms with Crippen LogP contribution in [-0.2, 0) is 6.54 Å². The van der Waals surface area contributed by atoms with E-state index in [0.29, 0.717) is 0 Å². The maximum absolute atomic E-state index is 6.02. The summed E-state index contributed by atoms with van der Waals surface area (Å²) < 4.78 is 0. The summed E-state index contributed by atoms with van der Waals surface area (Å²) in [6, 6.07) is 8.01. The SMILES string of the molecule is CCN(Cc1ccncc1)c1ncccc1[C@H](C)N. The van der Waals surface area contributed by atoms with Gasteiger partial charge in [0.25, 0.3) is 0 Å². The third-order valence-corrected chi connectivity index (χ3v) is 3.11. The van der Waals surface area contributed by atoms with E-state index in [1.54, 1.807) is 0 Å². The summed E-state index contributed by atoms with van der Waals surface area (Å²) in [4.78, 5) is 10.8. The average molecular weight is 256 g/mol. The molecule has 2 N–H and O–H groups in total. The lowest BCUT2D eigenvalue weighted by atomic mass is 10.1. The molecule has 0 unspecified atom stereocenters. The molecule has 0 aliphatic heterocycles. The Morgan fingerprint density at radius 2 is 1.95 bits per heavy atom.